The fourth-order valence-electron chi connectivity index (χ4n) is 36.6. The SMILES string of the molecule is CC1=C(C)C2(C)c3c(C)ccc(C)c3C1(C)C(C)(C)C2(C)C.CC1=C(C)C2(C)c3c(c(C)c4ccc5ccccc5c4c3C)C1(C)C(C)(C)C2(C)C.CC1=C(C)C2(C)c3c(c(C)c4ccccc4c3C)C1(C)C(C)(C)C2(C)C.Cc1c2c(c(C)c3ccccc13)C1(C)C(C)(C)C(C)(C)C2(C)C(C)(C)C1(C)C.Cc1ccc(C)c2c1C1(C)C(C)(C)C(C)(C)C2(C)C(C)(C)C1(C)C. The molecule has 130 heavy (non-hydrogen) atoms. The van der Waals surface area contributed by atoms with Crippen LogP contribution in [0.1, 0.15) is 416 Å². The maximum atomic E-state index is 2.59. The Labute approximate surface area is 795 Å². The van der Waals surface area contributed by atoms with Crippen LogP contribution < -0.4 is 0 Å². The molecule has 24 rings (SSSR count). The summed E-state index contributed by atoms with van der Waals surface area (Å²) in [7, 11) is 0. The zero-order chi connectivity index (χ0) is 98.4. The van der Waals surface area contributed by atoms with Crippen LogP contribution in [0.25, 0.3) is 43.1 Å². The highest BCUT2D eigenvalue weighted by Crippen LogP contribution is 2.87. The van der Waals surface area contributed by atoms with Crippen LogP contribution in [0.2, 0.25) is 0 Å². The van der Waals surface area contributed by atoms with Gasteiger partial charge in [0, 0.05) is 54.1 Å². The number of benzene rings is 9. The van der Waals surface area contributed by atoms with Crippen LogP contribution in [0.3, 0.4) is 0 Å². The lowest BCUT2D eigenvalue weighted by molar-refractivity contribution is -0.247. The van der Waals surface area contributed by atoms with E-state index in [1.165, 1.54) is 98.7 Å². The molecule has 10 bridgehead atoms. The van der Waals surface area contributed by atoms with E-state index < -0.39 is 0 Å². The van der Waals surface area contributed by atoms with Crippen molar-refractivity contribution < 1.29 is 0 Å². The third-order valence-electron chi connectivity index (χ3n) is 52.0. The molecule has 15 aliphatic carbocycles. The molecule has 0 saturated heterocycles. The van der Waals surface area contributed by atoms with Gasteiger partial charge in [-0.1, -0.05) is 406 Å². The molecule has 6 atom stereocenters. The topological polar surface area (TPSA) is 0 Å². The quantitative estimate of drug-likeness (QED) is 0.105. The minimum Gasteiger partial charge on any atom is -0.0626 e. The Morgan fingerprint density at radius 2 is 0.315 bits per heavy atom. The molecule has 0 N–H and O–H groups in total. The summed E-state index contributed by atoms with van der Waals surface area (Å²) in [6.45, 7) is 134. The number of hydrogen-bond acceptors (Lipinski definition) is 0. The molecule has 700 valence electrons. The predicted molar refractivity (Wildman–Crippen MR) is 571 cm³/mol. The van der Waals surface area contributed by atoms with E-state index in [0.717, 1.165) is 0 Å². The van der Waals surface area contributed by atoms with Crippen LogP contribution in [0.15, 0.2) is 143 Å². The maximum absolute atomic E-state index is 2.59. The first-order valence-electron chi connectivity index (χ1n) is 51.0. The first kappa shape index (κ1) is 97.8. The third-order valence-corrected chi connectivity index (χ3v) is 52.0. The van der Waals surface area contributed by atoms with Crippen molar-refractivity contribution in [3.63, 3.8) is 0 Å². The molecule has 0 heterocycles. The smallest absolute Gasteiger partial charge is 0.0196 e. The Bertz CT molecular complexity index is 6220. The number of rotatable bonds is 0. The Morgan fingerprint density at radius 1 is 0.138 bits per heavy atom. The van der Waals surface area contributed by atoms with Crippen LogP contribution in [0.4, 0.5) is 0 Å². The van der Waals surface area contributed by atoms with Crippen LogP contribution >= 0.6 is 0 Å². The lowest BCUT2D eigenvalue weighted by atomic mass is 9.21. The van der Waals surface area contributed by atoms with Crippen LogP contribution in [-0.2, 0) is 54.1 Å². The van der Waals surface area contributed by atoms with Gasteiger partial charge < -0.3 is 0 Å². The van der Waals surface area contributed by atoms with E-state index in [-0.39, 0.29) is 130 Å². The standard InChI is InChI=1S/C30H36.C28H40.C26H34.C24H38.C22H32/c1-17-22-16-15-21-13-11-12-14-23(21)24(22)18(2)26-25(17)29(9)19(3)20(4)30(26,10)28(7,8)27(29,5)6;1-17-19-15-13-14-16-20(19)18(2)22-21(17)27(11)23(3,4)25(7,8)28(22,12)26(9,10)24(27,5)6;1-15-19-13-11-12-14-20(19)16(2)22-21(15)25(9)17(3)18(4)26(22,10)24(7,8)23(25,5)6;1-15-13-14-16(2)18-17(15)23(11)19(3,4)21(7,8)24(18,12)22(9,10)20(23,5)6;1-13-11-12-14(2)18-17(13)21(9)15(3)16(4)22(18,10)20(7,8)19(21,5)6/h11-16H,1-10H3;13-16H,1-12H3;11-14H,1-10H3;13-14H,1-12H3;11-12H,1-10H3. The molecule has 2 saturated carbocycles. The normalized spacial score (nSPS) is 33.0. The monoisotopic (exact) mass is 1740 g/mol. The van der Waals surface area contributed by atoms with Gasteiger partial charge in [-0.3, -0.25) is 0 Å². The molecule has 0 aromatic heterocycles. The fourth-order valence-corrected chi connectivity index (χ4v) is 36.6. The Kier molecular flexibility index (Phi) is 20.4. The Hall–Kier alpha value is -6.76. The van der Waals surface area contributed by atoms with E-state index in [1.54, 1.807) is 89.1 Å². The highest BCUT2D eigenvalue weighted by atomic mass is 14.9. The Morgan fingerprint density at radius 3 is 0.554 bits per heavy atom. The van der Waals surface area contributed by atoms with Gasteiger partial charge in [0.05, 0.1) is 0 Å². The predicted octanol–water partition coefficient (Wildman–Crippen LogP) is 37.2. The van der Waals surface area contributed by atoms with E-state index in [4.69, 9.17) is 0 Å². The molecule has 0 nitrogen and oxygen atoms in total. The lowest BCUT2D eigenvalue weighted by Gasteiger charge is -2.82. The first-order chi connectivity index (χ1) is 58.7. The molecule has 2 fully saturated rings. The summed E-state index contributed by atoms with van der Waals surface area (Å²) in [6.07, 6.45) is 0. The van der Waals surface area contributed by atoms with Crippen LogP contribution in [-0.4, -0.2) is 0 Å². The van der Waals surface area contributed by atoms with E-state index >= 15 is 0 Å². The van der Waals surface area contributed by atoms with Crippen molar-refractivity contribution in [3.05, 3.63) is 254 Å². The zero-order valence-corrected chi connectivity index (χ0v) is 93.4. The summed E-state index contributed by atoms with van der Waals surface area (Å²) < 4.78 is 0. The molecular weight excluding hydrogens is 1560 g/mol. The summed E-state index contributed by atoms with van der Waals surface area (Å²) >= 11 is 0. The van der Waals surface area contributed by atoms with Crippen LogP contribution in [0.5, 0.6) is 0 Å². The van der Waals surface area contributed by atoms with Gasteiger partial charge in [0.15, 0.2) is 0 Å². The highest BCUT2D eigenvalue weighted by Gasteiger charge is 2.83. The van der Waals surface area contributed by atoms with Gasteiger partial charge in [-0.2, -0.15) is 0 Å². The van der Waals surface area contributed by atoms with E-state index in [1.807, 2.05) is 0 Å². The second-order valence-corrected chi connectivity index (χ2v) is 54.4. The van der Waals surface area contributed by atoms with Gasteiger partial charge in [0.2, 0.25) is 0 Å². The minimum atomic E-state index is 0.0215. The van der Waals surface area contributed by atoms with Gasteiger partial charge in [-0.15, -0.1) is 0 Å². The molecule has 9 aromatic carbocycles. The Balaban J connectivity index is 0.000000125. The average molecular weight is 1740 g/mol. The number of allylic oxidation sites excluding steroid dienone is 6. The lowest BCUT2D eigenvalue weighted by Crippen LogP contribution is -2.79. The minimum absolute atomic E-state index is 0.0215. The largest absolute Gasteiger partial charge is 0.0626 e. The summed E-state index contributed by atoms with van der Waals surface area (Å²) in [5.74, 6) is 0. The van der Waals surface area contributed by atoms with Gasteiger partial charge >= 0.3 is 0 Å². The number of fused-ring (bicyclic) bond motifs is 12. The van der Waals surface area contributed by atoms with Crippen molar-refractivity contribution in [3.8, 4) is 0 Å². The van der Waals surface area contributed by atoms with Gasteiger partial charge in [-0.25, -0.2) is 0 Å². The molecule has 0 aliphatic heterocycles. The third kappa shape index (κ3) is 9.47. The fraction of sp³-hybridized carbons (Fsp3) is 0.600. The summed E-state index contributed by atoms with van der Waals surface area (Å²) in [5.41, 5.74) is 44.1. The second kappa shape index (κ2) is 27.2. The first-order valence-corrected chi connectivity index (χ1v) is 51.0. The van der Waals surface area contributed by atoms with Gasteiger partial charge in [0.25, 0.3) is 0 Å². The maximum Gasteiger partial charge on any atom is 0.0196 e. The van der Waals surface area contributed by atoms with E-state index in [0.29, 0.717) is 0 Å². The van der Waals surface area contributed by atoms with Gasteiger partial charge in [-0.05, 0) is 341 Å². The van der Waals surface area contributed by atoms with Crippen molar-refractivity contribution in [2.45, 2.75) is 428 Å². The molecule has 9 aromatic rings. The summed E-state index contributed by atoms with van der Waals surface area (Å²) in [6, 6.07) is 41.0. The average Bonchev–Trinajstić information content (AvgIpc) is 0.621. The van der Waals surface area contributed by atoms with Gasteiger partial charge in [0.1, 0.15) is 0 Å². The molecule has 6 unspecified atom stereocenters. The highest BCUT2D eigenvalue weighted by molar-refractivity contribution is 6.11. The van der Waals surface area contributed by atoms with Crippen molar-refractivity contribution in [1.82, 2.24) is 0 Å². The van der Waals surface area contributed by atoms with Crippen molar-refractivity contribution in [2.24, 2.45) is 75.8 Å². The number of hydrogen-bond donors (Lipinski definition) is 0. The molecule has 15 aliphatic rings. The zero-order valence-electron chi connectivity index (χ0n) is 93.4. The summed E-state index contributed by atoms with van der Waals surface area (Å²) in [4.78, 5) is 0. The van der Waals surface area contributed by atoms with Crippen molar-refractivity contribution >= 4 is 43.1 Å². The molecule has 0 radical (unpaired) electrons. The van der Waals surface area contributed by atoms with E-state index in [9.17, 15) is 0 Å². The van der Waals surface area contributed by atoms with Crippen LogP contribution in [0, 0.1) is 145 Å². The van der Waals surface area contributed by atoms with Crippen molar-refractivity contribution in [2.75, 3.05) is 0 Å². The van der Waals surface area contributed by atoms with Crippen molar-refractivity contribution in [1.29, 1.82) is 0 Å². The molecule has 0 spiro atoms. The molecular formula is C130H180. The van der Waals surface area contributed by atoms with E-state index in [2.05, 4.69) is 483 Å². The molecule has 0 heteroatoms. The number of aryl methyl sites for hydroxylation is 10. The second-order valence-electron chi connectivity index (χ2n) is 54.4. The molecule has 0 amide bonds. The summed E-state index contributed by atoms with van der Waals surface area (Å²) in [5, 5.41) is 11.4.